The van der Waals surface area contributed by atoms with Crippen molar-refractivity contribution in [1.29, 1.82) is 0 Å². The minimum atomic E-state index is 0.810. The Hall–Kier alpha value is -0.590. The Kier molecular flexibility index (Phi) is 0.247. The quantitative estimate of drug-likeness (QED) is 0.285. The van der Waals surface area contributed by atoms with Crippen LogP contribution in [0.4, 0.5) is 0 Å². The van der Waals surface area contributed by atoms with Crippen molar-refractivity contribution in [2.45, 2.75) is 6.04 Å². The molecule has 1 atom stereocenters. The second-order valence-corrected chi connectivity index (χ2v) is 1.80. The van der Waals surface area contributed by atoms with Gasteiger partial charge in [0, 0.05) is 6.08 Å². The molecule has 0 aromatic rings. The predicted molar refractivity (Wildman–Crippen MR) is 24.1 cm³/mol. The first-order valence-corrected chi connectivity index (χ1v) is 2.24. The standard InChI is InChI=1S/C5H6N/c1-2-5-4-6(5)3-1/h1-3,5H,4H2/q+1. The number of rotatable bonds is 0. The zero-order valence-electron chi connectivity index (χ0n) is 3.46. The number of hydrogen-bond acceptors (Lipinski definition) is 0. The zero-order chi connectivity index (χ0) is 3.98. The van der Waals surface area contributed by atoms with Gasteiger partial charge in [-0.25, -0.2) is 4.58 Å². The summed E-state index contributed by atoms with van der Waals surface area (Å²) in [5.41, 5.74) is 0. The molecular weight excluding hydrogens is 74.1 g/mol. The van der Waals surface area contributed by atoms with Crippen LogP contribution in [0.25, 0.3) is 0 Å². The summed E-state index contributed by atoms with van der Waals surface area (Å²) in [6, 6.07) is 0.810. The zero-order valence-corrected chi connectivity index (χ0v) is 3.46. The van der Waals surface area contributed by atoms with Crippen LogP contribution in [-0.4, -0.2) is 23.4 Å². The largest absolute Gasteiger partial charge is 0.230 e. The number of allylic oxidation sites excluding steroid dienone is 1. The summed E-state index contributed by atoms with van der Waals surface area (Å²) in [5.74, 6) is 0. The second-order valence-electron chi connectivity index (χ2n) is 1.80. The Morgan fingerprint density at radius 3 is 2.83 bits per heavy atom. The smallest absolute Gasteiger partial charge is 0.216 e. The Balaban J connectivity index is 2.50. The SMILES string of the molecule is C1=CC2C[N+]2=C1. The van der Waals surface area contributed by atoms with Gasteiger partial charge in [0.05, 0.1) is 0 Å². The summed E-state index contributed by atoms with van der Waals surface area (Å²) in [6.45, 7) is 1.27. The molecule has 1 saturated heterocycles. The molecule has 0 N–H and O–H groups in total. The van der Waals surface area contributed by atoms with E-state index >= 15 is 0 Å². The molecular formula is C5H6N+. The molecule has 2 rings (SSSR count). The highest BCUT2D eigenvalue weighted by Gasteiger charge is 2.39. The minimum absolute atomic E-state index is 0.810. The van der Waals surface area contributed by atoms with Gasteiger partial charge in [-0.3, -0.25) is 0 Å². The molecule has 0 radical (unpaired) electrons. The molecule has 1 unspecified atom stereocenters. The van der Waals surface area contributed by atoms with Crippen LogP contribution in [0, 0.1) is 0 Å². The fourth-order valence-electron chi connectivity index (χ4n) is 0.800. The lowest BCUT2D eigenvalue weighted by Gasteiger charge is -1.48. The highest BCUT2D eigenvalue weighted by Crippen LogP contribution is 2.13. The summed E-state index contributed by atoms with van der Waals surface area (Å²) >= 11 is 0. The molecule has 2 heterocycles. The molecule has 0 saturated carbocycles. The van der Waals surface area contributed by atoms with Crippen LogP contribution in [0.15, 0.2) is 12.2 Å². The summed E-state index contributed by atoms with van der Waals surface area (Å²) in [6.07, 6.45) is 6.46. The van der Waals surface area contributed by atoms with E-state index in [-0.39, 0.29) is 0 Å². The topological polar surface area (TPSA) is 3.01 Å². The maximum Gasteiger partial charge on any atom is 0.230 e. The summed E-state index contributed by atoms with van der Waals surface area (Å²) in [7, 11) is 0. The average Bonchev–Trinajstić information content (AvgIpc) is 2.17. The lowest BCUT2D eigenvalue weighted by atomic mass is 10.4. The van der Waals surface area contributed by atoms with E-state index in [0.717, 1.165) is 6.04 Å². The normalized spacial score (nSPS) is 36.0. The summed E-state index contributed by atoms with van der Waals surface area (Å²) in [4.78, 5) is 0. The van der Waals surface area contributed by atoms with E-state index < -0.39 is 0 Å². The lowest BCUT2D eigenvalue weighted by molar-refractivity contribution is -0.342. The molecule has 2 aliphatic rings. The fourth-order valence-corrected chi connectivity index (χ4v) is 0.800. The Morgan fingerprint density at radius 2 is 2.67 bits per heavy atom. The third-order valence-corrected chi connectivity index (χ3v) is 1.30. The van der Waals surface area contributed by atoms with E-state index in [1.54, 1.807) is 0 Å². The molecule has 6 heavy (non-hydrogen) atoms. The molecule has 0 aromatic carbocycles. The maximum atomic E-state index is 2.29. The van der Waals surface area contributed by atoms with Crippen LogP contribution in [-0.2, 0) is 0 Å². The lowest BCUT2D eigenvalue weighted by Crippen LogP contribution is -1.72. The highest BCUT2D eigenvalue weighted by molar-refractivity contribution is 5.69. The van der Waals surface area contributed by atoms with Crippen LogP contribution in [0.3, 0.4) is 0 Å². The Morgan fingerprint density at radius 1 is 1.67 bits per heavy atom. The molecule has 1 heteroatoms. The van der Waals surface area contributed by atoms with E-state index in [0.29, 0.717) is 0 Å². The van der Waals surface area contributed by atoms with Gasteiger partial charge in [-0.2, -0.15) is 0 Å². The fraction of sp³-hybridized carbons (Fsp3) is 0.400. The van der Waals surface area contributed by atoms with Crippen LogP contribution in [0.2, 0.25) is 0 Å². The molecule has 0 amide bonds. The third-order valence-electron chi connectivity index (χ3n) is 1.30. The Bertz CT molecular complexity index is 133. The van der Waals surface area contributed by atoms with Crippen molar-refractivity contribution in [1.82, 2.24) is 0 Å². The van der Waals surface area contributed by atoms with E-state index in [1.807, 2.05) is 0 Å². The molecule has 30 valence electrons. The first-order chi connectivity index (χ1) is 2.97. The average molecular weight is 80.1 g/mol. The maximum absolute atomic E-state index is 2.29. The van der Waals surface area contributed by atoms with E-state index in [4.69, 9.17) is 0 Å². The van der Waals surface area contributed by atoms with Gasteiger partial charge < -0.3 is 0 Å². The Labute approximate surface area is 36.6 Å². The van der Waals surface area contributed by atoms with Gasteiger partial charge in [-0.1, -0.05) is 0 Å². The van der Waals surface area contributed by atoms with Gasteiger partial charge in [0.15, 0.2) is 6.21 Å². The summed E-state index contributed by atoms with van der Waals surface area (Å²) in [5, 5.41) is 0. The van der Waals surface area contributed by atoms with Gasteiger partial charge in [0.25, 0.3) is 0 Å². The van der Waals surface area contributed by atoms with Gasteiger partial charge in [-0.15, -0.1) is 0 Å². The first-order valence-electron chi connectivity index (χ1n) is 2.24. The highest BCUT2D eigenvalue weighted by atomic mass is 15.2. The number of hydrogen-bond donors (Lipinski definition) is 0. The number of fused-ring (bicyclic) bond motifs is 1. The van der Waals surface area contributed by atoms with Crippen LogP contribution in [0.5, 0.6) is 0 Å². The van der Waals surface area contributed by atoms with Gasteiger partial charge in [0.1, 0.15) is 0 Å². The third kappa shape index (κ3) is 0.152. The van der Waals surface area contributed by atoms with Crippen molar-refractivity contribution in [3.8, 4) is 0 Å². The van der Waals surface area contributed by atoms with E-state index in [2.05, 4.69) is 22.9 Å². The second kappa shape index (κ2) is 0.579. The molecule has 0 bridgehead atoms. The van der Waals surface area contributed by atoms with Gasteiger partial charge in [0.2, 0.25) is 12.6 Å². The monoisotopic (exact) mass is 80.0 g/mol. The van der Waals surface area contributed by atoms with Crippen molar-refractivity contribution >= 4 is 6.21 Å². The van der Waals surface area contributed by atoms with Gasteiger partial charge >= 0.3 is 0 Å². The van der Waals surface area contributed by atoms with Crippen LogP contribution < -0.4 is 0 Å². The van der Waals surface area contributed by atoms with Gasteiger partial charge in [-0.05, 0) is 6.08 Å². The van der Waals surface area contributed by atoms with Crippen molar-refractivity contribution in [2.75, 3.05) is 6.54 Å². The van der Waals surface area contributed by atoms with E-state index in [9.17, 15) is 0 Å². The predicted octanol–water partition coefficient (Wildman–Crippen LogP) is 0.0217. The number of nitrogens with zero attached hydrogens (tertiary/aromatic N) is 1. The van der Waals surface area contributed by atoms with E-state index in [1.165, 1.54) is 6.54 Å². The minimum Gasteiger partial charge on any atom is -0.216 e. The molecule has 0 aromatic heterocycles. The van der Waals surface area contributed by atoms with Crippen LogP contribution in [0.1, 0.15) is 0 Å². The first kappa shape index (κ1) is 2.56. The molecule has 2 aliphatic heterocycles. The van der Waals surface area contributed by atoms with Crippen molar-refractivity contribution in [2.24, 2.45) is 0 Å². The molecule has 1 fully saturated rings. The molecule has 1 nitrogen and oxygen atoms in total. The van der Waals surface area contributed by atoms with Crippen molar-refractivity contribution in [3.63, 3.8) is 0 Å². The molecule has 0 spiro atoms. The molecule has 0 aliphatic carbocycles. The van der Waals surface area contributed by atoms with Crippen molar-refractivity contribution in [3.05, 3.63) is 12.2 Å². The van der Waals surface area contributed by atoms with Crippen LogP contribution >= 0.6 is 0 Å². The summed E-state index contributed by atoms with van der Waals surface area (Å²) < 4.78 is 2.29. The van der Waals surface area contributed by atoms with Crippen molar-refractivity contribution < 1.29 is 4.58 Å².